The van der Waals surface area contributed by atoms with E-state index >= 15 is 0 Å². The predicted octanol–water partition coefficient (Wildman–Crippen LogP) is 4.08. The Balaban J connectivity index is 2.40. The van der Waals surface area contributed by atoms with Gasteiger partial charge in [0.15, 0.2) is 0 Å². The molecule has 0 saturated heterocycles. The number of aliphatic hydroxyl groups is 2. The van der Waals surface area contributed by atoms with Crippen LogP contribution in [0, 0.1) is 37.5 Å². The molecule has 2 rings (SSSR count). The van der Waals surface area contributed by atoms with Crippen molar-refractivity contribution >= 4 is 0 Å². The second-order valence-corrected chi connectivity index (χ2v) is 7.84. The molecule has 2 N–H and O–H groups in total. The summed E-state index contributed by atoms with van der Waals surface area (Å²) in [7, 11) is 0. The van der Waals surface area contributed by atoms with Gasteiger partial charge >= 0.3 is 0 Å². The summed E-state index contributed by atoms with van der Waals surface area (Å²) in [6.45, 7) is 13.0. The number of hydrogen-bond donors (Lipinski definition) is 2. The molecule has 0 heterocycles. The number of benzene rings is 1. The van der Waals surface area contributed by atoms with Crippen LogP contribution in [0.2, 0.25) is 0 Å². The minimum absolute atomic E-state index is 0.0784. The van der Waals surface area contributed by atoms with Crippen molar-refractivity contribution in [1.82, 2.24) is 0 Å². The van der Waals surface area contributed by atoms with Crippen molar-refractivity contribution in [2.75, 3.05) is 6.61 Å². The smallest absolute Gasteiger partial charge is 0.0828 e. The fourth-order valence-corrected chi connectivity index (χ4v) is 4.30. The van der Waals surface area contributed by atoms with Crippen molar-refractivity contribution < 1.29 is 10.2 Å². The Morgan fingerprint density at radius 1 is 1.14 bits per heavy atom. The van der Waals surface area contributed by atoms with Gasteiger partial charge in [-0.3, -0.25) is 0 Å². The molecule has 21 heavy (non-hydrogen) atoms. The zero-order valence-electron chi connectivity index (χ0n) is 14.3. The van der Waals surface area contributed by atoms with E-state index < -0.39 is 6.10 Å². The molecule has 1 aromatic carbocycles. The van der Waals surface area contributed by atoms with Gasteiger partial charge < -0.3 is 10.2 Å². The van der Waals surface area contributed by atoms with E-state index in [9.17, 15) is 10.2 Å². The zero-order chi connectivity index (χ0) is 16.0. The number of aliphatic hydroxyl groups excluding tert-OH is 2. The molecule has 1 aromatic rings. The predicted molar refractivity (Wildman–Crippen MR) is 87.3 cm³/mol. The van der Waals surface area contributed by atoms with Gasteiger partial charge in [0.2, 0.25) is 0 Å². The molecule has 0 aromatic heterocycles. The summed E-state index contributed by atoms with van der Waals surface area (Å²) in [4.78, 5) is 0. The Morgan fingerprint density at radius 2 is 1.67 bits per heavy atom. The molecule has 0 bridgehead atoms. The van der Waals surface area contributed by atoms with Crippen molar-refractivity contribution in [3.63, 3.8) is 0 Å². The first-order chi connectivity index (χ1) is 9.64. The zero-order valence-corrected chi connectivity index (χ0v) is 14.3. The van der Waals surface area contributed by atoms with Gasteiger partial charge in [-0.25, -0.2) is 0 Å². The van der Waals surface area contributed by atoms with Crippen LogP contribution in [-0.4, -0.2) is 16.8 Å². The lowest BCUT2D eigenvalue weighted by Crippen LogP contribution is -2.39. The Kier molecular flexibility index (Phi) is 4.25. The first kappa shape index (κ1) is 16.5. The normalized spacial score (nSPS) is 29.6. The van der Waals surface area contributed by atoms with E-state index in [2.05, 4.69) is 53.7 Å². The highest BCUT2D eigenvalue weighted by molar-refractivity contribution is 5.39. The topological polar surface area (TPSA) is 40.5 Å². The van der Waals surface area contributed by atoms with E-state index in [1.807, 2.05) is 0 Å². The first-order valence-electron chi connectivity index (χ1n) is 8.01. The third-order valence-electron chi connectivity index (χ3n) is 6.25. The van der Waals surface area contributed by atoms with Gasteiger partial charge in [0, 0.05) is 6.61 Å². The minimum Gasteiger partial charge on any atom is -0.396 e. The van der Waals surface area contributed by atoms with Crippen molar-refractivity contribution in [3.05, 3.63) is 34.4 Å². The van der Waals surface area contributed by atoms with Crippen LogP contribution in [-0.2, 0) is 0 Å². The molecule has 1 aliphatic carbocycles. The molecule has 1 aliphatic rings. The van der Waals surface area contributed by atoms with E-state index in [1.54, 1.807) is 0 Å². The van der Waals surface area contributed by atoms with E-state index in [1.165, 1.54) is 16.7 Å². The van der Waals surface area contributed by atoms with Crippen molar-refractivity contribution in [1.29, 1.82) is 0 Å². The lowest BCUT2D eigenvalue weighted by atomic mass is 9.64. The van der Waals surface area contributed by atoms with Crippen LogP contribution in [0.4, 0.5) is 0 Å². The minimum atomic E-state index is -0.450. The molecule has 3 unspecified atom stereocenters. The molecule has 3 atom stereocenters. The van der Waals surface area contributed by atoms with Crippen LogP contribution in [0.3, 0.4) is 0 Å². The summed E-state index contributed by atoms with van der Waals surface area (Å²) in [5.74, 6) is 0.190. The maximum Gasteiger partial charge on any atom is 0.0828 e. The van der Waals surface area contributed by atoms with E-state index in [-0.39, 0.29) is 23.4 Å². The lowest BCUT2D eigenvalue weighted by molar-refractivity contribution is -0.0215. The Bertz CT molecular complexity index is 509. The van der Waals surface area contributed by atoms with Crippen molar-refractivity contribution in [2.24, 2.45) is 16.7 Å². The van der Waals surface area contributed by atoms with Crippen LogP contribution < -0.4 is 0 Å². The van der Waals surface area contributed by atoms with Crippen molar-refractivity contribution in [2.45, 2.75) is 60.5 Å². The fraction of sp³-hybridized carbons (Fsp3) is 0.684. The molecule has 0 radical (unpaired) electrons. The van der Waals surface area contributed by atoms with E-state index in [0.29, 0.717) is 0 Å². The lowest BCUT2D eigenvalue weighted by Gasteiger charge is -2.42. The molecule has 0 aliphatic heterocycles. The summed E-state index contributed by atoms with van der Waals surface area (Å²) >= 11 is 0. The third kappa shape index (κ3) is 2.53. The molecule has 1 saturated carbocycles. The fourth-order valence-electron chi connectivity index (χ4n) is 4.30. The molecule has 0 amide bonds. The third-order valence-corrected chi connectivity index (χ3v) is 6.25. The maximum atomic E-state index is 11.1. The Labute approximate surface area is 129 Å². The molecule has 0 spiro atoms. The molecule has 1 fully saturated rings. The van der Waals surface area contributed by atoms with E-state index in [4.69, 9.17) is 0 Å². The molecule has 118 valence electrons. The largest absolute Gasteiger partial charge is 0.396 e. The number of aryl methyl sites for hydroxylation is 3. The maximum absolute atomic E-state index is 11.1. The van der Waals surface area contributed by atoms with Crippen LogP contribution in [0.25, 0.3) is 0 Å². The SMILES string of the molecule is Cc1cc(C)c(C(O)C2CCC(C)(CO)C2(C)C)c(C)c1. The highest BCUT2D eigenvalue weighted by Crippen LogP contribution is 2.59. The Morgan fingerprint density at radius 3 is 2.10 bits per heavy atom. The Hall–Kier alpha value is -0.860. The van der Waals surface area contributed by atoms with Gasteiger partial charge in [-0.1, -0.05) is 38.5 Å². The second-order valence-electron chi connectivity index (χ2n) is 7.84. The molecule has 2 nitrogen and oxygen atoms in total. The van der Waals surface area contributed by atoms with Crippen LogP contribution in [0.5, 0.6) is 0 Å². The average molecular weight is 290 g/mol. The van der Waals surface area contributed by atoms with Crippen LogP contribution in [0.15, 0.2) is 12.1 Å². The standard InChI is InChI=1S/C19H30O2/c1-12-9-13(2)16(14(3)10-12)17(21)15-7-8-19(6,11-20)18(15,4)5/h9-10,15,17,20-21H,7-8,11H2,1-6H3. The monoisotopic (exact) mass is 290 g/mol. The quantitative estimate of drug-likeness (QED) is 0.880. The van der Waals surface area contributed by atoms with Gasteiger partial charge in [0.1, 0.15) is 0 Å². The number of rotatable bonds is 3. The molecule has 2 heteroatoms. The summed E-state index contributed by atoms with van der Waals surface area (Å²) in [6, 6.07) is 4.30. The summed E-state index contributed by atoms with van der Waals surface area (Å²) in [5, 5.41) is 20.8. The van der Waals surface area contributed by atoms with Gasteiger partial charge in [-0.05, 0) is 67.1 Å². The first-order valence-corrected chi connectivity index (χ1v) is 8.01. The highest BCUT2D eigenvalue weighted by atomic mass is 16.3. The van der Waals surface area contributed by atoms with Gasteiger partial charge in [0.25, 0.3) is 0 Å². The average Bonchev–Trinajstić information content (AvgIpc) is 2.59. The van der Waals surface area contributed by atoms with Crippen LogP contribution in [0.1, 0.15) is 62.0 Å². The molecular weight excluding hydrogens is 260 g/mol. The summed E-state index contributed by atoms with van der Waals surface area (Å²) < 4.78 is 0. The van der Waals surface area contributed by atoms with Gasteiger partial charge in [-0.15, -0.1) is 0 Å². The molecular formula is C19H30O2. The highest BCUT2D eigenvalue weighted by Gasteiger charge is 2.53. The van der Waals surface area contributed by atoms with E-state index in [0.717, 1.165) is 18.4 Å². The van der Waals surface area contributed by atoms with Crippen molar-refractivity contribution in [3.8, 4) is 0 Å². The summed E-state index contributed by atoms with van der Waals surface area (Å²) in [5.41, 5.74) is 4.49. The van der Waals surface area contributed by atoms with Crippen LogP contribution >= 0.6 is 0 Å². The summed E-state index contributed by atoms with van der Waals surface area (Å²) in [6.07, 6.45) is 1.49. The van der Waals surface area contributed by atoms with Gasteiger partial charge in [-0.2, -0.15) is 0 Å². The van der Waals surface area contributed by atoms with Gasteiger partial charge in [0.05, 0.1) is 6.10 Å². The number of hydrogen-bond acceptors (Lipinski definition) is 2. The second kappa shape index (κ2) is 5.40.